The van der Waals surface area contributed by atoms with E-state index in [4.69, 9.17) is 9.47 Å². The highest BCUT2D eigenvalue weighted by molar-refractivity contribution is 14.1. The Morgan fingerprint density at radius 3 is 2.35 bits per heavy atom. The van der Waals surface area contributed by atoms with Gasteiger partial charge in [-0.1, -0.05) is 25.7 Å². The molecule has 0 spiro atoms. The van der Waals surface area contributed by atoms with Crippen molar-refractivity contribution < 1.29 is 22.7 Å². The summed E-state index contributed by atoms with van der Waals surface area (Å²) in [6.45, 7) is 11.7. The molecule has 0 fully saturated rings. The van der Waals surface area contributed by atoms with E-state index in [-0.39, 0.29) is 11.6 Å². The minimum atomic E-state index is -4.07. The largest absolute Gasteiger partial charge is 0.443 e. The summed E-state index contributed by atoms with van der Waals surface area (Å²) in [4.78, 5) is 12.5. The van der Waals surface area contributed by atoms with E-state index in [2.05, 4.69) is 19.6 Å². The number of ether oxygens (including phenoxy) is 2. The average Bonchev–Trinajstić information content (AvgIpc) is 2.43. The van der Waals surface area contributed by atoms with Crippen molar-refractivity contribution in [1.29, 1.82) is 0 Å². The molecular formula is C17H28INO5SSi. The molecule has 26 heavy (non-hydrogen) atoms. The van der Waals surface area contributed by atoms with E-state index in [1.807, 2.05) is 22.6 Å². The third kappa shape index (κ3) is 7.93. The number of amides is 1. The Morgan fingerprint density at radius 1 is 1.23 bits per heavy atom. The van der Waals surface area contributed by atoms with Gasteiger partial charge in [0.2, 0.25) is 0 Å². The van der Waals surface area contributed by atoms with Crippen LogP contribution in [0.3, 0.4) is 0 Å². The smallest absolute Gasteiger partial charge is 0.426 e. The van der Waals surface area contributed by atoms with Crippen LogP contribution in [0, 0.1) is 3.57 Å². The van der Waals surface area contributed by atoms with Gasteiger partial charge in [-0.05, 0) is 67.6 Å². The van der Waals surface area contributed by atoms with Crippen LogP contribution in [0.2, 0.25) is 25.7 Å². The van der Waals surface area contributed by atoms with Crippen LogP contribution in [0.4, 0.5) is 4.79 Å². The van der Waals surface area contributed by atoms with E-state index >= 15 is 0 Å². The lowest BCUT2D eigenvalue weighted by molar-refractivity contribution is 0.0145. The second kappa shape index (κ2) is 9.02. The van der Waals surface area contributed by atoms with E-state index in [1.165, 1.54) is 12.1 Å². The summed E-state index contributed by atoms with van der Waals surface area (Å²) in [6.07, 6.45) is -0.940. The predicted octanol–water partition coefficient (Wildman–Crippen LogP) is 4.53. The maximum absolute atomic E-state index is 13.0. The van der Waals surface area contributed by atoms with Gasteiger partial charge >= 0.3 is 6.09 Å². The number of hydrogen-bond donors (Lipinski definition) is 0. The fraction of sp³-hybridized carbons (Fsp3) is 0.588. The number of sulfonamides is 1. The van der Waals surface area contributed by atoms with Gasteiger partial charge < -0.3 is 9.47 Å². The van der Waals surface area contributed by atoms with Crippen molar-refractivity contribution in [3.05, 3.63) is 27.8 Å². The van der Waals surface area contributed by atoms with Gasteiger partial charge in [0.15, 0.2) is 0 Å². The SMILES string of the molecule is CC(C)(C)OC(=O)N(COCC[Si](C)(C)C)S(=O)(=O)c1cccc(I)c1. The zero-order valence-electron chi connectivity index (χ0n) is 16.2. The molecule has 0 aromatic heterocycles. The van der Waals surface area contributed by atoms with Gasteiger partial charge in [0.05, 0.1) is 4.90 Å². The van der Waals surface area contributed by atoms with Crippen LogP contribution in [0.5, 0.6) is 0 Å². The van der Waals surface area contributed by atoms with E-state index in [0.717, 1.165) is 9.61 Å². The van der Waals surface area contributed by atoms with Crippen LogP contribution in [0.15, 0.2) is 29.2 Å². The average molecular weight is 513 g/mol. The number of carbonyl (C=O) groups excluding carboxylic acids is 1. The molecule has 0 radical (unpaired) electrons. The zero-order chi connectivity index (χ0) is 20.2. The first-order valence-electron chi connectivity index (χ1n) is 8.31. The van der Waals surface area contributed by atoms with Crippen LogP contribution in [0.1, 0.15) is 20.8 Å². The molecule has 0 saturated heterocycles. The van der Waals surface area contributed by atoms with E-state index in [0.29, 0.717) is 10.9 Å². The predicted molar refractivity (Wildman–Crippen MR) is 113 cm³/mol. The topological polar surface area (TPSA) is 72.9 Å². The van der Waals surface area contributed by atoms with Crippen molar-refractivity contribution in [2.24, 2.45) is 0 Å². The standard InChI is InChI=1S/C17H28INO5SSi/c1-17(2,3)24-16(20)19(13-23-10-11-26(4,5)6)25(21,22)15-9-7-8-14(18)12-15/h7-9,12H,10-11,13H2,1-6H3. The number of nitrogens with zero attached hydrogens (tertiary/aromatic N) is 1. The molecule has 1 aromatic carbocycles. The monoisotopic (exact) mass is 513 g/mol. The summed E-state index contributed by atoms with van der Waals surface area (Å²) >= 11 is 2.03. The molecule has 6 nitrogen and oxygen atoms in total. The molecule has 0 bridgehead atoms. The first-order valence-corrected chi connectivity index (χ1v) is 14.5. The number of halogens is 1. The summed E-state index contributed by atoms with van der Waals surface area (Å²) in [5.74, 6) is 0. The van der Waals surface area contributed by atoms with Crippen LogP contribution in [-0.2, 0) is 19.5 Å². The third-order valence-electron chi connectivity index (χ3n) is 3.19. The van der Waals surface area contributed by atoms with Crippen LogP contribution >= 0.6 is 22.6 Å². The number of carbonyl (C=O) groups is 1. The highest BCUT2D eigenvalue weighted by Gasteiger charge is 2.33. The summed E-state index contributed by atoms with van der Waals surface area (Å²) in [6, 6.07) is 7.25. The molecule has 0 unspecified atom stereocenters. The Hall–Kier alpha value is -0.653. The molecular weight excluding hydrogens is 485 g/mol. The summed E-state index contributed by atoms with van der Waals surface area (Å²) in [5, 5.41) is 0. The fourth-order valence-corrected chi connectivity index (χ4v) is 4.55. The Labute approximate surface area is 171 Å². The van der Waals surface area contributed by atoms with Crippen molar-refractivity contribution in [3.63, 3.8) is 0 Å². The Morgan fingerprint density at radius 2 is 1.85 bits per heavy atom. The van der Waals surface area contributed by atoms with E-state index in [1.54, 1.807) is 32.9 Å². The minimum Gasteiger partial charge on any atom is -0.443 e. The molecule has 0 heterocycles. The second-order valence-electron chi connectivity index (χ2n) is 8.14. The van der Waals surface area contributed by atoms with Gasteiger partial charge in [-0.25, -0.2) is 13.2 Å². The van der Waals surface area contributed by atoms with E-state index in [9.17, 15) is 13.2 Å². The Kier molecular flexibility index (Phi) is 8.12. The van der Waals surface area contributed by atoms with Gasteiger partial charge in [0.1, 0.15) is 12.3 Å². The molecule has 0 aliphatic rings. The van der Waals surface area contributed by atoms with Gasteiger partial charge in [-0.15, -0.1) is 0 Å². The maximum atomic E-state index is 13.0. The molecule has 0 aliphatic heterocycles. The molecule has 1 aromatic rings. The molecule has 1 amide bonds. The summed E-state index contributed by atoms with van der Waals surface area (Å²) < 4.78 is 38.1. The van der Waals surface area contributed by atoms with Crippen LogP contribution in [-0.4, -0.2) is 45.8 Å². The lowest BCUT2D eigenvalue weighted by Crippen LogP contribution is -2.42. The van der Waals surface area contributed by atoms with Crippen molar-refractivity contribution >= 4 is 46.8 Å². The lowest BCUT2D eigenvalue weighted by Gasteiger charge is -2.27. The maximum Gasteiger partial charge on any atom is 0.426 e. The number of benzene rings is 1. The van der Waals surface area contributed by atoms with Crippen molar-refractivity contribution in [1.82, 2.24) is 4.31 Å². The third-order valence-corrected chi connectivity index (χ3v) is 7.25. The molecule has 0 atom stereocenters. The Bertz CT molecular complexity index is 725. The van der Waals surface area contributed by atoms with Crippen LogP contribution < -0.4 is 0 Å². The molecule has 0 saturated carbocycles. The second-order valence-corrected chi connectivity index (χ2v) is 16.9. The summed E-state index contributed by atoms with van der Waals surface area (Å²) in [5.41, 5.74) is -0.811. The lowest BCUT2D eigenvalue weighted by atomic mass is 10.2. The molecule has 9 heteroatoms. The number of rotatable bonds is 7. The molecule has 0 aliphatic carbocycles. The normalized spacial score (nSPS) is 12.7. The zero-order valence-corrected chi connectivity index (χ0v) is 20.2. The highest BCUT2D eigenvalue weighted by Crippen LogP contribution is 2.21. The van der Waals surface area contributed by atoms with Crippen molar-refractivity contribution in [2.75, 3.05) is 13.3 Å². The quantitative estimate of drug-likeness (QED) is 0.232. The first-order chi connectivity index (χ1) is 11.7. The van der Waals surface area contributed by atoms with Gasteiger partial charge in [0, 0.05) is 18.3 Å². The Balaban J connectivity index is 3.04. The minimum absolute atomic E-state index is 0.0315. The molecule has 0 N–H and O–H groups in total. The van der Waals surface area contributed by atoms with Gasteiger partial charge in [0.25, 0.3) is 10.0 Å². The van der Waals surface area contributed by atoms with E-state index < -0.39 is 29.8 Å². The van der Waals surface area contributed by atoms with Crippen molar-refractivity contribution in [2.45, 2.75) is 57.0 Å². The van der Waals surface area contributed by atoms with Gasteiger partial charge in [-0.2, -0.15) is 4.31 Å². The molecule has 1 rings (SSSR count). The first kappa shape index (κ1) is 23.4. The highest BCUT2D eigenvalue weighted by atomic mass is 127. The number of hydrogen-bond acceptors (Lipinski definition) is 5. The van der Waals surface area contributed by atoms with Crippen LogP contribution in [0.25, 0.3) is 0 Å². The molecule has 148 valence electrons. The summed E-state index contributed by atoms with van der Waals surface area (Å²) in [7, 11) is -5.39. The van der Waals surface area contributed by atoms with Gasteiger partial charge in [-0.3, -0.25) is 0 Å². The van der Waals surface area contributed by atoms with Crippen molar-refractivity contribution in [3.8, 4) is 0 Å². The fourth-order valence-electron chi connectivity index (χ4n) is 1.81.